The first-order valence-corrected chi connectivity index (χ1v) is 6.31. The Morgan fingerprint density at radius 1 is 1.62 bits per heavy atom. The van der Waals surface area contributed by atoms with E-state index in [9.17, 15) is 20.0 Å². The highest BCUT2D eigenvalue weighted by atomic mass is 16.6. The second-order valence-electron chi connectivity index (χ2n) is 4.78. The lowest BCUT2D eigenvalue weighted by Crippen LogP contribution is -2.48. The topological polar surface area (TPSA) is 126 Å². The standard InChI is InChI=1S/C12H15N3O6/c1-7-4-14(5-8(6-16)21-7)11-2-9(12(17)18)10(3-13-11)15(19)20/h2-3,7-8,16H,4-6H2,1H3,(H,17,18). The maximum Gasteiger partial charge on any atom is 0.342 e. The van der Waals surface area contributed by atoms with Gasteiger partial charge in [-0.25, -0.2) is 9.78 Å². The fraction of sp³-hybridized carbons (Fsp3) is 0.500. The van der Waals surface area contributed by atoms with Crippen LogP contribution in [0.5, 0.6) is 0 Å². The van der Waals surface area contributed by atoms with E-state index in [0.717, 1.165) is 6.20 Å². The fourth-order valence-electron chi connectivity index (χ4n) is 2.26. The normalized spacial score (nSPS) is 22.1. The minimum absolute atomic E-state index is 0.166. The number of rotatable bonds is 4. The molecule has 0 aromatic carbocycles. The molecule has 9 heteroatoms. The highest BCUT2D eigenvalue weighted by molar-refractivity contribution is 5.93. The van der Waals surface area contributed by atoms with Gasteiger partial charge in [0.2, 0.25) is 0 Å². The van der Waals surface area contributed by atoms with Crippen LogP contribution in [0.3, 0.4) is 0 Å². The van der Waals surface area contributed by atoms with Gasteiger partial charge in [0.15, 0.2) is 0 Å². The van der Waals surface area contributed by atoms with Crippen molar-refractivity contribution in [2.24, 2.45) is 0 Å². The zero-order valence-electron chi connectivity index (χ0n) is 11.3. The van der Waals surface area contributed by atoms with Gasteiger partial charge < -0.3 is 19.8 Å². The number of ether oxygens (including phenoxy) is 1. The van der Waals surface area contributed by atoms with Gasteiger partial charge in [-0.15, -0.1) is 0 Å². The molecule has 2 atom stereocenters. The smallest absolute Gasteiger partial charge is 0.342 e. The first-order valence-electron chi connectivity index (χ1n) is 6.31. The number of nitrogens with zero attached hydrogens (tertiary/aromatic N) is 3. The molecule has 2 unspecified atom stereocenters. The molecule has 1 aliphatic heterocycles. The number of carboxylic acids is 1. The highest BCUT2D eigenvalue weighted by Gasteiger charge is 2.28. The summed E-state index contributed by atoms with van der Waals surface area (Å²) in [6.45, 7) is 2.45. The number of aromatic nitrogens is 1. The number of carbonyl (C=O) groups is 1. The molecule has 2 heterocycles. The average molecular weight is 297 g/mol. The van der Waals surface area contributed by atoms with Crippen molar-refractivity contribution in [2.75, 3.05) is 24.6 Å². The Bertz CT molecular complexity index is 564. The molecule has 1 aromatic rings. The Hall–Kier alpha value is -2.26. The Balaban J connectivity index is 2.33. The zero-order valence-corrected chi connectivity index (χ0v) is 11.3. The Morgan fingerprint density at radius 3 is 2.90 bits per heavy atom. The maximum atomic E-state index is 11.1. The van der Waals surface area contributed by atoms with Crippen LogP contribution in [0, 0.1) is 10.1 Å². The Kier molecular flexibility index (Phi) is 4.34. The van der Waals surface area contributed by atoms with Gasteiger partial charge in [-0.05, 0) is 6.92 Å². The predicted octanol–water partition coefficient (Wildman–Crippen LogP) is 0.274. The third kappa shape index (κ3) is 3.26. The quantitative estimate of drug-likeness (QED) is 0.599. The molecule has 9 nitrogen and oxygen atoms in total. The number of pyridine rings is 1. The van der Waals surface area contributed by atoms with Gasteiger partial charge in [-0.2, -0.15) is 0 Å². The van der Waals surface area contributed by atoms with Gasteiger partial charge in [-0.3, -0.25) is 10.1 Å². The molecule has 21 heavy (non-hydrogen) atoms. The summed E-state index contributed by atoms with van der Waals surface area (Å²) in [7, 11) is 0. The SMILES string of the molecule is CC1CN(c2cc(C(=O)O)c([N+](=O)[O-])cn2)CC(CO)O1. The van der Waals surface area contributed by atoms with Crippen molar-refractivity contribution in [3.63, 3.8) is 0 Å². The van der Waals surface area contributed by atoms with Crippen LogP contribution in [0.15, 0.2) is 12.3 Å². The van der Waals surface area contributed by atoms with Crippen molar-refractivity contribution >= 4 is 17.5 Å². The van der Waals surface area contributed by atoms with E-state index in [1.165, 1.54) is 6.07 Å². The molecule has 1 aliphatic rings. The van der Waals surface area contributed by atoms with Crippen LogP contribution in [0.1, 0.15) is 17.3 Å². The predicted molar refractivity (Wildman–Crippen MR) is 71.5 cm³/mol. The van der Waals surface area contributed by atoms with Crippen molar-refractivity contribution < 1.29 is 24.7 Å². The average Bonchev–Trinajstić information content (AvgIpc) is 2.45. The van der Waals surface area contributed by atoms with E-state index >= 15 is 0 Å². The van der Waals surface area contributed by atoms with E-state index in [1.54, 1.807) is 4.90 Å². The van der Waals surface area contributed by atoms with Crippen LogP contribution >= 0.6 is 0 Å². The van der Waals surface area contributed by atoms with Crippen LogP contribution < -0.4 is 4.90 Å². The molecule has 0 spiro atoms. The first kappa shape index (κ1) is 15.1. The Morgan fingerprint density at radius 2 is 2.33 bits per heavy atom. The van der Waals surface area contributed by atoms with Crippen LogP contribution in [0.4, 0.5) is 11.5 Å². The molecule has 0 saturated carbocycles. The number of anilines is 1. The van der Waals surface area contributed by atoms with Crippen LogP contribution in [-0.2, 0) is 4.74 Å². The van der Waals surface area contributed by atoms with Crippen LogP contribution in [-0.4, -0.2) is 58.0 Å². The molecule has 0 aliphatic carbocycles. The molecule has 2 rings (SSSR count). The summed E-state index contributed by atoms with van der Waals surface area (Å²) in [5, 5.41) is 29.0. The monoisotopic (exact) mass is 297 g/mol. The van der Waals surface area contributed by atoms with Gasteiger partial charge in [0.1, 0.15) is 17.6 Å². The number of hydrogen-bond acceptors (Lipinski definition) is 7. The lowest BCUT2D eigenvalue weighted by atomic mass is 10.2. The number of aromatic carboxylic acids is 1. The van der Waals surface area contributed by atoms with Gasteiger partial charge in [0.05, 0.1) is 23.7 Å². The maximum absolute atomic E-state index is 11.1. The van der Waals surface area contributed by atoms with Gasteiger partial charge in [0.25, 0.3) is 0 Å². The lowest BCUT2D eigenvalue weighted by molar-refractivity contribution is -0.385. The number of aliphatic hydroxyl groups is 1. The number of morpholine rings is 1. The third-order valence-corrected chi connectivity index (χ3v) is 3.15. The fourth-order valence-corrected chi connectivity index (χ4v) is 2.26. The molecular weight excluding hydrogens is 282 g/mol. The molecule has 0 radical (unpaired) electrons. The summed E-state index contributed by atoms with van der Waals surface area (Å²) < 4.78 is 5.48. The van der Waals surface area contributed by atoms with Crippen LogP contribution in [0.25, 0.3) is 0 Å². The lowest BCUT2D eigenvalue weighted by Gasteiger charge is -2.36. The van der Waals surface area contributed by atoms with Crippen molar-refractivity contribution in [1.82, 2.24) is 4.98 Å². The minimum Gasteiger partial charge on any atom is -0.477 e. The summed E-state index contributed by atoms with van der Waals surface area (Å²) in [6.07, 6.45) is 0.368. The molecule has 0 bridgehead atoms. The molecule has 1 fully saturated rings. The summed E-state index contributed by atoms with van der Waals surface area (Å²) in [4.78, 5) is 26.8. The highest BCUT2D eigenvalue weighted by Crippen LogP contribution is 2.24. The van der Waals surface area contributed by atoms with Crippen LogP contribution in [0.2, 0.25) is 0 Å². The largest absolute Gasteiger partial charge is 0.477 e. The van der Waals surface area contributed by atoms with E-state index in [4.69, 9.17) is 9.84 Å². The Labute approximate surface area is 119 Å². The second-order valence-corrected chi connectivity index (χ2v) is 4.78. The molecule has 114 valence electrons. The molecule has 2 N–H and O–H groups in total. The number of hydrogen-bond donors (Lipinski definition) is 2. The summed E-state index contributed by atoms with van der Waals surface area (Å²) in [6, 6.07) is 1.17. The minimum atomic E-state index is -1.38. The van der Waals surface area contributed by atoms with Crippen molar-refractivity contribution in [3.05, 3.63) is 27.9 Å². The number of nitro groups is 1. The summed E-state index contributed by atoms with van der Waals surface area (Å²) >= 11 is 0. The zero-order chi connectivity index (χ0) is 15.6. The van der Waals surface area contributed by atoms with Crippen molar-refractivity contribution in [3.8, 4) is 0 Å². The molecule has 1 saturated heterocycles. The molecule has 0 amide bonds. The number of carboxylic acid groups (broad SMARTS) is 1. The third-order valence-electron chi connectivity index (χ3n) is 3.15. The summed E-state index contributed by atoms with van der Waals surface area (Å²) in [5.74, 6) is -1.07. The van der Waals surface area contributed by atoms with Crippen molar-refractivity contribution in [1.29, 1.82) is 0 Å². The van der Waals surface area contributed by atoms with E-state index in [1.807, 2.05) is 6.92 Å². The van der Waals surface area contributed by atoms with E-state index < -0.39 is 28.2 Å². The van der Waals surface area contributed by atoms with E-state index in [0.29, 0.717) is 18.9 Å². The summed E-state index contributed by atoms with van der Waals surface area (Å²) in [5.41, 5.74) is -0.962. The second kappa shape index (κ2) is 6.02. The molecular formula is C12H15N3O6. The van der Waals surface area contributed by atoms with Gasteiger partial charge >= 0.3 is 11.7 Å². The van der Waals surface area contributed by atoms with Gasteiger partial charge in [0, 0.05) is 19.2 Å². The van der Waals surface area contributed by atoms with E-state index in [-0.39, 0.29) is 12.7 Å². The van der Waals surface area contributed by atoms with Crippen molar-refractivity contribution in [2.45, 2.75) is 19.1 Å². The first-order chi connectivity index (χ1) is 9.92. The number of aliphatic hydroxyl groups excluding tert-OH is 1. The molecule has 1 aromatic heterocycles. The van der Waals surface area contributed by atoms with E-state index in [2.05, 4.69) is 4.98 Å². The van der Waals surface area contributed by atoms with Gasteiger partial charge in [-0.1, -0.05) is 0 Å².